The van der Waals surface area contributed by atoms with Gasteiger partial charge in [-0.2, -0.15) is 0 Å². The van der Waals surface area contributed by atoms with Gasteiger partial charge >= 0.3 is 18.3 Å². The molecule has 1 atom stereocenters. The average molecular weight is 789 g/mol. The Morgan fingerprint density at radius 3 is 2.11 bits per heavy atom. The van der Waals surface area contributed by atoms with Crippen LogP contribution in [0.5, 0.6) is 0 Å². The fraction of sp³-hybridized carbons (Fsp3) is 0.630. The molecule has 1 saturated carbocycles. The fourth-order valence-electron chi connectivity index (χ4n) is 8.01. The minimum absolute atomic E-state index is 0.0162. The molecule has 0 radical (unpaired) electrons. The summed E-state index contributed by atoms with van der Waals surface area (Å²) in [6.45, 7) is 22.3. The van der Waals surface area contributed by atoms with Crippen molar-refractivity contribution in [1.82, 2.24) is 20.1 Å². The molecule has 2 aromatic carbocycles. The number of benzene rings is 2. The first-order valence-electron chi connectivity index (χ1n) is 20.9. The maximum Gasteiger partial charge on any atom is 0.410 e. The molecule has 0 spiro atoms. The molecule has 0 bridgehead atoms. The van der Waals surface area contributed by atoms with Gasteiger partial charge < -0.3 is 39.0 Å². The molecule has 314 valence electrons. The zero-order chi connectivity index (χ0) is 41.5. The van der Waals surface area contributed by atoms with Gasteiger partial charge in [-0.3, -0.25) is 0 Å². The lowest BCUT2D eigenvalue weighted by Gasteiger charge is -2.38. The summed E-state index contributed by atoms with van der Waals surface area (Å²) in [5.41, 5.74) is 3.87. The van der Waals surface area contributed by atoms with Crippen LogP contribution in [0, 0.1) is 12.8 Å². The highest BCUT2D eigenvalue weighted by atomic mass is 16.6. The lowest BCUT2D eigenvalue weighted by Crippen LogP contribution is -2.48. The van der Waals surface area contributed by atoms with E-state index in [1.165, 1.54) is 16.7 Å². The van der Waals surface area contributed by atoms with Crippen LogP contribution >= 0.6 is 0 Å². The van der Waals surface area contributed by atoms with Crippen molar-refractivity contribution in [1.29, 1.82) is 0 Å². The van der Waals surface area contributed by atoms with E-state index < -0.39 is 29.0 Å². The first kappa shape index (κ1) is 43.9. The van der Waals surface area contributed by atoms with Gasteiger partial charge in [0.1, 0.15) is 16.8 Å². The zero-order valence-electron chi connectivity index (χ0n) is 36.2. The number of aromatic nitrogens is 1. The normalized spacial score (nSPS) is 18.8. The van der Waals surface area contributed by atoms with Crippen molar-refractivity contribution < 1.29 is 33.3 Å². The van der Waals surface area contributed by atoms with Gasteiger partial charge in [-0.1, -0.05) is 35.9 Å². The molecule has 2 N–H and O–H groups in total. The van der Waals surface area contributed by atoms with E-state index in [9.17, 15) is 14.4 Å². The van der Waals surface area contributed by atoms with E-state index in [4.69, 9.17) is 18.9 Å². The highest BCUT2D eigenvalue weighted by Crippen LogP contribution is 2.38. The summed E-state index contributed by atoms with van der Waals surface area (Å²) in [6, 6.07) is 15.1. The van der Waals surface area contributed by atoms with Crippen molar-refractivity contribution >= 4 is 29.2 Å². The average Bonchev–Trinajstić information content (AvgIpc) is 3.44. The Kier molecular flexibility index (Phi) is 14.3. The Labute approximate surface area is 340 Å². The van der Waals surface area contributed by atoms with Crippen molar-refractivity contribution in [2.75, 3.05) is 19.8 Å². The number of hydrogen-bond donors (Lipinski definition) is 2. The van der Waals surface area contributed by atoms with Gasteiger partial charge in [0, 0.05) is 67.9 Å². The van der Waals surface area contributed by atoms with E-state index in [2.05, 4.69) is 70.8 Å². The van der Waals surface area contributed by atoms with Crippen LogP contribution in [0.2, 0.25) is 0 Å². The summed E-state index contributed by atoms with van der Waals surface area (Å²) in [5, 5.41) is 7.12. The molecule has 1 aliphatic carbocycles. The molecule has 2 heterocycles. The Bertz CT molecular complexity index is 1820. The third kappa shape index (κ3) is 13.4. The SMILES string of the molecule is Cc1cccc(C(CCN(C(=O)OC(C)(C)C)C2CCC(NC(=O)OC(C)(C)C)CC2)c2cn(CC3CCOCC3)c3ccc(CNC(=O)OC(C)(C)C)cc23)c1. The fourth-order valence-corrected chi connectivity index (χ4v) is 8.01. The van der Waals surface area contributed by atoms with E-state index in [0.717, 1.165) is 74.7 Å². The van der Waals surface area contributed by atoms with Crippen molar-refractivity contribution in [3.05, 3.63) is 70.9 Å². The molecule has 11 heteroatoms. The molecule has 1 unspecified atom stereocenters. The smallest absolute Gasteiger partial charge is 0.410 e. The zero-order valence-corrected chi connectivity index (χ0v) is 36.2. The summed E-state index contributed by atoms with van der Waals surface area (Å²) in [4.78, 5) is 41.2. The van der Waals surface area contributed by atoms with Gasteiger partial charge in [0.25, 0.3) is 0 Å². The van der Waals surface area contributed by atoms with Gasteiger partial charge in [-0.25, -0.2) is 14.4 Å². The van der Waals surface area contributed by atoms with Crippen LogP contribution in [0.3, 0.4) is 0 Å². The van der Waals surface area contributed by atoms with E-state index in [0.29, 0.717) is 25.4 Å². The van der Waals surface area contributed by atoms with Gasteiger partial charge in [-0.05, 0) is 149 Å². The van der Waals surface area contributed by atoms with Gasteiger partial charge in [0.15, 0.2) is 0 Å². The van der Waals surface area contributed by atoms with Gasteiger partial charge in [-0.15, -0.1) is 0 Å². The maximum atomic E-state index is 14.1. The first-order valence-corrected chi connectivity index (χ1v) is 20.9. The van der Waals surface area contributed by atoms with Crippen LogP contribution in [0.25, 0.3) is 10.9 Å². The number of ether oxygens (including phenoxy) is 4. The van der Waals surface area contributed by atoms with Crippen LogP contribution < -0.4 is 10.6 Å². The summed E-state index contributed by atoms with van der Waals surface area (Å²) in [5.74, 6) is 0.475. The second kappa shape index (κ2) is 18.6. The molecule has 3 aromatic rings. The topological polar surface area (TPSA) is 120 Å². The molecule has 2 aliphatic rings. The Hall–Kier alpha value is -4.25. The number of carbonyl (C=O) groups excluding carboxylic acids is 3. The second-order valence-corrected chi connectivity index (χ2v) is 19.1. The van der Waals surface area contributed by atoms with Crippen molar-refractivity contribution in [3.8, 4) is 0 Å². The van der Waals surface area contributed by atoms with E-state index >= 15 is 0 Å². The molecule has 2 fully saturated rings. The first-order chi connectivity index (χ1) is 26.7. The molecule has 1 saturated heterocycles. The van der Waals surface area contributed by atoms with Crippen LogP contribution in [-0.2, 0) is 32.0 Å². The minimum Gasteiger partial charge on any atom is -0.444 e. The molecule has 1 aliphatic heterocycles. The van der Waals surface area contributed by atoms with Crippen LogP contribution in [0.4, 0.5) is 14.4 Å². The highest BCUT2D eigenvalue weighted by Gasteiger charge is 2.34. The molecule has 11 nitrogen and oxygen atoms in total. The van der Waals surface area contributed by atoms with Crippen LogP contribution in [-0.4, -0.2) is 76.4 Å². The predicted octanol–water partition coefficient (Wildman–Crippen LogP) is 10.00. The van der Waals surface area contributed by atoms with E-state index in [-0.39, 0.29) is 24.1 Å². The molecule has 3 amide bonds. The Morgan fingerprint density at radius 2 is 1.47 bits per heavy atom. The second-order valence-electron chi connectivity index (χ2n) is 19.1. The van der Waals surface area contributed by atoms with Crippen LogP contribution in [0.15, 0.2) is 48.7 Å². The largest absolute Gasteiger partial charge is 0.444 e. The molecule has 5 rings (SSSR count). The molecular weight excluding hydrogens is 721 g/mol. The summed E-state index contributed by atoms with van der Waals surface area (Å²) in [6.07, 6.45) is 6.84. The van der Waals surface area contributed by atoms with Crippen molar-refractivity contribution in [3.63, 3.8) is 0 Å². The lowest BCUT2D eigenvalue weighted by molar-refractivity contribution is 0.00966. The number of aryl methyl sites for hydroxylation is 1. The summed E-state index contributed by atoms with van der Waals surface area (Å²) in [7, 11) is 0. The van der Waals surface area contributed by atoms with Crippen LogP contribution in [0.1, 0.15) is 135 Å². The minimum atomic E-state index is -0.651. The molecule has 57 heavy (non-hydrogen) atoms. The summed E-state index contributed by atoms with van der Waals surface area (Å²) >= 11 is 0. The number of nitrogens with one attached hydrogen (secondary N) is 2. The number of amides is 3. The maximum absolute atomic E-state index is 14.1. The third-order valence-corrected chi connectivity index (χ3v) is 10.6. The quantitative estimate of drug-likeness (QED) is 0.186. The number of hydrogen-bond acceptors (Lipinski definition) is 7. The number of nitrogens with zero attached hydrogens (tertiary/aromatic N) is 2. The number of fused-ring (bicyclic) bond motifs is 1. The van der Waals surface area contributed by atoms with E-state index in [1.807, 2.05) is 67.2 Å². The molecular formula is C46H68N4O7. The van der Waals surface area contributed by atoms with E-state index in [1.54, 1.807) is 0 Å². The number of carbonyl (C=O) groups is 3. The predicted molar refractivity (Wildman–Crippen MR) is 225 cm³/mol. The Morgan fingerprint density at radius 1 is 0.825 bits per heavy atom. The highest BCUT2D eigenvalue weighted by molar-refractivity contribution is 5.86. The standard InChI is InChI=1S/C46H68N4O7/c1-31-12-11-13-34(26-31)37(20-23-50(43(53)57-46(8,9)10)36-17-15-35(16-18-36)48-42(52)56-45(5,6)7)39-30-49(29-32-21-24-54-25-22-32)40-19-14-33(27-38(39)40)28-47-41(51)55-44(2,3)4/h11-14,19,26-27,30,32,35-37H,15-18,20-25,28-29H2,1-10H3,(H,47,51)(H,48,52). The van der Waals surface area contributed by atoms with Crippen molar-refractivity contribution in [2.45, 2.75) is 162 Å². The number of rotatable bonds is 11. The monoisotopic (exact) mass is 789 g/mol. The van der Waals surface area contributed by atoms with Gasteiger partial charge in [0.2, 0.25) is 0 Å². The van der Waals surface area contributed by atoms with Gasteiger partial charge in [0.05, 0.1) is 0 Å². The third-order valence-electron chi connectivity index (χ3n) is 10.6. The summed E-state index contributed by atoms with van der Waals surface area (Å²) < 4.78 is 25.2. The molecule has 1 aromatic heterocycles. The Balaban J connectivity index is 1.47. The van der Waals surface area contributed by atoms with Crippen molar-refractivity contribution in [2.24, 2.45) is 5.92 Å². The number of alkyl carbamates (subject to hydrolysis) is 2. The lowest BCUT2D eigenvalue weighted by atomic mass is 9.86.